The number of hydrogen-bond donors (Lipinski definition) is 2. The van der Waals surface area contributed by atoms with Crippen LogP contribution in [0.4, 0.5) is 0 Å². The van der Waals surface area contributed by atoms with E-state index >= 15 is 0 Å². The second-order valence-electron chi connectivity index (χ2n) is 8.26. The number of unbranched alkanes of at least 4 members (excludes halogenated alkanes) is 9. The number of aromatic hydroxyl groups is 1. The van der Waals surface area contributed by atoms with Gasteiger partial charge in [0, 0.05) is 0 Å². The van der Waals surface area contributed by atoms with E-state index in [1.54, 1.807) is 12.1 Å². The summed E-state index contributed by atoms with van der Waals surface area (Å²) >= 11 is 0. The maximum atomic E-state index is 10.2. The Bertz CT molecular complexity index is 473. The first-order valence-corrected chi connectivity index (χ1v) is 12.2. The van der Waals surface area contributed by atoms with Gasteiger partial charge in [-0.2, -0.15) is 0 Å². The third kappa shape index (κ3) is 18.5. The fourth-order valence-corrected chi connectivity index (χ4v) is 3.41. The van der Waals surface area contributed by atoms with Gasteiger partial charge in [-0.15, -0.1) is 0 Å². The van der Waals surface area contributed by atoms with Gasteiger partial charge in [0.1, 0.15) is 5.75 Å². The van der Waals surface area contributed by atoms with Gasteiger partial charge in [-0.25, -0.2) is 0 Å². The minimum atomic E-state index is -0.865. The first-order valence-electron chi connectivity index (χ1n) is 12.2. The molecular weight excluding hydrogens is 374 g/mol. The summed E-state index contributed by atoms with van der Waals surface area (Å²) in [5.41, 5.74) is 0.690. The fraction of sp³-hybridized carbons (Fsp3) is 0.731. The van der Waals surface area contributed by atoms with Crippen molar-refractivity contribution in [1.82, 2.24) is 4.90 Å². The predicted molar refractivity (Wildman–Crippen MR) is 128 cm³/mol. The first kappa shape index (κ1) is 28.5. The number of phenolic OH excluding ortho intramolecular Hbond substituents is 1. The van der Waals surface area contributed by atoms with E-state index in [9.17, 15) is 4.79 Å². The largest absolute Gasteiger partial charge is 0.508 e. The molecule has 0 saturated heterocycles. The number of rotatable bonds is 17. The number of aliphatic carboxylic acids is 1. The van der Waals surface area contributed by atoms with Crippen molar-refractivity contribution in [2.24, 2.45) is 0 Å². The van der Waals surface area contributed by atoms with Crippen LogP contribution in [0.5, 0.6) is 5.75 Å². The van der Waals surface area contributed by atoms with Crippen molar-refractivity contribution in [3.8, 4) is 5.75 Å². The number of phenols is 1. The molecule has 30 heavy (non-hydrogen) atoms. The van der Waals surface area contributed by atoms with E-state index in [0.29, 0.717) is 5.56 Å². The maximum absolute atomic E-state index is 10.2. The third-order valence-corrected chi connectivity index (χ3v) is 5.28. The minimum Gasteiger partial charge on any atom is -0.508 e. The van der Waals surface area contributed by atoms with E-state index in [1.807, 2.05) is 0 Å². The number of benzene rings is 1. The Morgan fingerprint density at radius 1 is 0.700 bits per heavy atom. The standard InChI is InChI=1S/C18H39N.C8H8O3/c1-4-7-10-13-16-19(17-14-11-8-5-2)18-15-12-9-6-3;9-7-3-1-6(2-4-7)5-8(10)11/h4-18H2,1-3H3;1-4,9H,5H2,(H,10,11). The zero-order chi connectivity index (χ0) is 22.5. The van der Waals surface area contributed by atoms with Crippen LogP contribution in [0.3, 0.4) is 0 Å². The monoisotopic (exact) mass is 421 g/mol. The van der Waals surface area contributed by atoms with Crippen LogP contribution in [-0.2, 0) is 11.2 Å². The van der Waals surface area contributed by atoms with E-state index in [-0.39, 0.29) is 12.2 Å². The number of carboxylic acids is 1. The molecular formula is C26H47NO3. The van der Waals surface area contributed by atoms with E-state index in [2.05, 4.69) is 25.7 Å². The van der Waals surface area contributed by atoms with E-state index in [0.717, 1.165) is 0 Å². The molecule has 0 aliphatic rings. The van der Waals surface area contributed by atoms with Gasteiger partial charge in [-0.3, -0.25) is 4.79 Å². The van der Waals surface area contributed by atoms with Crippen molar-refractivity contribution in [2.45, 2.75) is 104 Å². The number of carboxylic acid groups (broad SMARTS) is 1. The third-order valence-electron chi connectivity index (χ3n) is 5.28. The summed E-state index contributed by atoms with van der Waals surface area (Å²) in [6.45, 7) is 10.9. The highest BCUT2D eigenvalue weighted by Gasteiger charge is 2.04. The summed E-state index contributed by atoms with van der Waals surface area (Å²) in [5.74, 6) is -0.713. The first-order chi connectivity index (χ1) is 14.5. The van der Waals surface area contributed by atoms with Gasteiger partial charge in [0.15, 0.2) is 0 Å². The summed E-state index contributed by atoms with van der Waals surface area (Å²) in [4.78, 5) is 12.9. The SMILES string of the molecule is CCCCCCN(CCCCCC)CCCCCC.O=C(O)Cc1ccc(O)cc1. The second-order valence-corrected chi connectivity index (χ2v) is 8.26. The van der Waals surface area contributed by atoms with Gasteiger partial charge in [0.25, 0.3) is 0 Å². The average Bonchev–Trinajstić information content (AvgIpc) is 2.73. The molecule has 0 atom stereocenters. The normalized spacial score (nSPS) is 10.7. The zero-order valence-corrected chi connectivity index (χ0v) is 19.9. The van der Waals surface area contributed by atoms with Gasteiger partial charge < -0.3 is 15.1 Å². The molecule has 1 rings (SSSR count). The van der Waals surface area contributed by atoms with Crippen molar-refractivity contribution < 1.29 is 15.0 Å². The Kier molecular flexibility index (Phi) is 19.6. The molecule has 0 aromatic heterocycles. The van der Waals surface area contributed by atoms with Crippen LogP contribution in [0.1, 0.15) is 103 Å². The van der Waals surface area contributed by atoms with Gasteiger partial charge in [-0.05, 0) is 56.6 Å². The lowest BCUT2D eigenvalue weighted by molar-refractivity contribution is -0.136. The molecule has 0 aliphatic heterocycles. The number of nitrogens with zero attached hydrogens (tertiary/aromatic N) is 1. The Morgan fingerprint density at radius 3 is 1.43 bits per heavy atom. The lowest BCUT2D eigenvalue weighted by Crippen LogP contribution is -2.27. The molecule has 0 heterocycles. The average molecular weight is 422 g/mol. The van der Waals surface area contributed by atoms with Crippen molar-refractivity contribution in [1.29, 1.82) is 0 Å². The summed E-state index contributed by atoms with van der Waals surface area (Å²) in [6, 6.07) is 6.11. The maximum Gasteiger partial charge on any atom is 0.307 e. The molecule has 4 heteroatoms. The van der Waals surface area contributed by atoms with Crippen LogP contribution >= 0.6 is 0 Å². The Morgan fingerprint density at radius 2 is 1.10 bits per heavy atom. The summed E-state index contributed by atoms with van der Waals surface area (Å²) in [6.07, 6.45) is 16.8. The summed E-state index contributed by atoms with van der Waals surface area (Å²) in [5, 5.41) is 17.2. The molecule has 0 radical (unpaired) electrons. The number of carbonyl (C=O) groups is 1. The lowest BCUT2D eigenvalue weighted by Gasteiger charge is -2.22. The highest BCUT2D eigenvalue weighted by atomic mass is 16.4. The molecule has 0 aliphatic carbocycles. The molecule has 0 saturated carbocycles. The molecule has 0 spiro atoms. The van der Waals surface area contributed by atoms with E-state index < -0.39 is 5.97 Å². The second kappa shape index (κ2) is 20.7. The summed E-state index contributed by atoms with van der Waals surface area (Å²) < 4.78 is 0. The van der Waals surface area contributed by atoms with Crippen LogP contribution in [0, 0.1) is 0 Å². The molecule has 0 unspecified atom stereocenters. The smallest absolute Gasteiger partial charge is 0.307 e. The van der Waals surface area contributed by atoms with Gasteiger partial charge in [0.05, 0.1) is 6.42 Å². The van der Waals surface area contributed by atoms with Crippen molar-refractivity contribution in [3.05, 3.63) is 29.8 Å². The van der Waals surface area contributed by atoms with Gasteiger partial charge in [0.2, 0.25) is 0 Å². The van der Waals surface area contributed by atoms with Gasteiger partial charge in [-0.1, -0.05) is 90.7 Å². The Hall–Kier alpha value is -1.55. The molecule has 1 aromatic rings. The molecule has 0 fully saturated rings. The topological polar surface area (TPSA) is 60.8 Å². The highest BCUT2D eigenvalue weighted by molar-refractivity contribution is 5.70. The fourth-order valence-electron chi connectivity index (χ4n) is 3.41. The number of hydrogen-bond acceptors (Lipinski definition) is 3. The summed E-state index contributed by atoms with van der Waals surface area (Å²) in [7, 11) is 0. The van der Waals surface area contributed by atoms with Crippen LogP contribution < -0.4 is 0 Å². The van der Waals surface area contributed by atoms with Crippen LogP contribution in [0.2, 0.25) is 0 Å². The van der Waals surface area contributed by atoms with Crippen LogP contribution in [0.25, 0.3) is 0 Å². The van der Waals surface area contributed by atoms with Crippen LogP contribution in [-0.4, -0.2) is 40.7 Å². The predicted octanol–water partition coefficient (Wildman–Crippen LogP) is 7.05. The van der Waals surface area contributed by atoms with E-state index in [1.165, 1.54) is 109 Å². The Labute approximate surface area is 185 Å². The van der Waals surface area contributed by atoms with Crippen LogP contribution in [0.15, 0.2) is 24.3 Å². The van der Waals surface area contributed by atoms with Gasteiger partial charge >= 0.3 is 5.97 Å². The molecule has 174 valence electrons. The van der Waals surface area contributed by atoms with Crippen molar-refractivity contribution in [2.75, 3.05) is 19.6 Å². The quantitative estimate of drug-likeness (QED) is 0.265. The minimum absolute atomic E-state index is 0.000278. The lowest BCUT2D eigenvalue weighted by atomic mass is 10.1. The van der Waals surface area contributed by atoms with Crippen molar-refractivity contribution in [3.63, 3.8) is 0 Å². The molecule has 0 amide bonds. The van der Waals surface area contributed by atoms with Crippen molar-refractivity contribution >= 4 is 5.97 Å². The molecule has 2 N–H and O–H groups in total. The Balaban J connectivity index is 0.000000642. The molecule has 0 bridgehead atoms. The zero-order valence-electron chi connectivity index (χ0n) is 19.9. The highest BCUT2D eigenvalue weighted by Crippen LogP contribution is 2.10. The molecule has 4 nitrogen and oxygen atoms in total. The molecule has 1 aromatic carbocycles. The van der Waals surface area contributed by atoms with E-state index in [4.69, 9.17) is 10.2 Å².